The Bertz CT molecular complexity index is 2330. The molecule has 6 aromatic carbocycles. The van der Waals surface area contributed by atoms with E-state index in [1.54, 1.807) is 17.3 Å². The Kier molecular flexibility index (Phi) is 6.56. The highest BCUT2D eigenvalue weighted by atomic mass is 32.2. The summed E-state index contributed by atoms with van der Waals surface area (Å²) in [6.07, 6.45) is 16.1. The van der Waals surface area contributed by atoms with E-state index in [2.05, 4.69) is 148 Å². The first kappa shape index (κ1) is 28.7. The fourth-order valence-electron chi connectivity index (χ4n) is 9.05. The van der Waals surface area contributed by atoms with Gasteiger partial charge in [0.25, 0.3) is 0 Å². The zero-order valence-electron chi connectivity index (χ0n) is 27.3. The summed E-state index contributed by atoms with van der Waals surface area (Å²) < 4.78 is 7.77. The van der Waals surface area contributed by atoms with E-state index in [0.717, 1.165) is 37.0 Å². The maximum absolute atomic E-state index is 7.77. The van der Waals surface area contributed by atoms with Crippen molar-refractivity contribution in [2.45, 2.75) is 55.4 Å². The molecular formula is C45H38OS. The molecule has 1 heterocycles. The molecule has 0 spiro atoms. The van der Waals surface area contributed by atoms with Gasteiger partial charge in [0, 0.05) is 32.4 Å². The van der Waals surface area contributed by atoms with Gasteiger partial charge in [0.15, 0.2) is 5.60 Å². The van der Waals surface area contributed by atoms with Crippen molar-refractivity contribution in [1.29, 1.82) is 0 Å². The summed E-state index contributed by atoms with van der Waals surface area (Å²) in [6.45, 7) is 4.75. The van der Waals surface area contributed by atoms with Gasteiger partial charge in [-0.2, -0.15) is 0 Å². The third-order valence-electron chi connectivity index (χ3n) is 11.3. The molecule has 2 aliphatic carbocycles. The molecule has 0 saturated heterocycles. The summed E-state index contributed by atoms with van der Waals surface area (Å²) in [5.74, 6) is 1.00. The Labute approximate surface area is 281 Å². The monoisotopic (exact) mass is 626 g/mol. The summed E-state index contributed by atoms with van der Waals surface area (Å²) >= 11 is 1.77. The van der Waals surface area contributed by atoms with Crippen LogP contribution in [0.5, 0.6) is 5.75 Å². The Morgan fingerprint density at radius 2 is 1.40 bits per heavy atom. The number of hydrogen-bond acceptors (Lipinski definition) is 2. The van der Waals surface area contributed by atoms with Crippen molar-refractivity contribution < 1.29 is 4.74 Å². The molecule has 1 aliphatic heterocycles. The van der Waals surface area contributed by atoms with Gasteiger partial charge >= 0.3 is 0 Å². The fourth-order valence-corrected chi connectivity index (χ4v) is 9.46. The standard InChI is InChI=1S/C45H38OS/c1-4-44(5-2)39-21-13-12-20-37(39)41-35-18-10-11-19-36(35)43-38(42(41)44)26-27-45(46-43,30-22-24-31(47-3)25-23-30)40-28-29-14-6-7-15-32(29)33-16-8-9-17-34(33)40/h6-11,13-19,21-28H,4-5,12,20H2,1-3H3. The molecule has 1 atom stereocenters. The molecule has 0 N–H and O–H groups in total. The van der Waals surface area contributed by atoms with E-state index in [9.17, 15) is 0 Å². The number of benzene rings is 6. The van der Waals surface area contributed by atoms with Gasteiger partial charge in [0.2, 0.25) is 0 Å². The van der Waals surface area contributed by atoms with E-state index in [1.165, 1.54) is 65.0 Å². The van der Waals surface area contributed by atoms with Crippen LogP contribution in [-0.2, 0) is 11.0 Å². The van der Waals surface area contributed by atoms with Crippen LogP contribution >= 0.6 is 11.8 Å². The highest BCUT2D eigenvalue weighted by Gasteiger charge is 2.47. The largest absolute Gasteiger partial charge is 0.472 e. The first-order valence-electron chi connectivity index (χ1n) is 17.1. The van der Waals surface area contributed by atoms with Crippen LogP contribution < -0.4 is 4.74 Å². The quantitative estimate of drug-likeness (QED) is 0.139. The molecule has 0 aromatic heterocycles. The third-order valence-corrected chi connectivity index (χ3v) is 12.1. The average Bonchev–Trinajstić information content (AvgIpc) is 3.45. The Morgan fingerprint density at radius 3 is 2.15 bits per heavy atom. The van der Waals surface area contributed by atoms with Crippen molar-refractivity contribution in [2.24, 2.45) is 0 Å². The van der Waals surface area contributed by atoms with Crippen LogP contribution in [0, 0.1) is 0 Å². The van der Waals surface area contributed by atoms with Gasteiger partial charge in [-0.05, 0) is 105 Å². The van der Waals surface area contributed by atoms with Crippen molar-refractivity contribution in [1.82, 2.24) is 0 Å². The van der Waals surface area contributed by atoms with Crippen molar-refractivity contribution in [3.05, 3.63) is 155 Å². The Morgan fingerprint density at radius 1 is 0.723 bits per heavy atom. The zero-order valence-corrected chi connectivity index (χ0v) is 28.1. The van der Waals surface area contributed by atoms with E-state index in [-0.39, 0.29) is 5.41 Å². The minimum Gasteiger partial charge on any atom is -0.472 e. The van der Waals surface area contributed by atoms with Crippen LogP contribution in [0.15, 0.2) is 132 Å². The summed E-state index contributed by atoms with van der Waals surface area (Å²) in [5.41, 5.74) is 8.72. The van der Waals surface area contributed by atoms with E-state index >= 15 is 0 Å². The average molecular weight is 627 g/mol. The first-order chi connectivity index (χ1) is 23.1. The molecule has 9 rings (SSSR count). The Hall–Kier alpha value is -4.53. The second kappa shape index (κ2) is 10.8. The lowest BCUT2D eigenvalue weighted by atomic mass is 9.69. The molecule has 0 amide bonds. The predicted octanol–water partition coefficient (Wildman–Crippen LogP) is 12.4. The van der Waals surface area contributed by atoms with E-state index in [0.29, 0.717) is 0 Å². The number of rotatable bonds is 5. The second-order valence-electron chi connectivity index (χ2n) is 13.3. The summed E-state index contributed by atoms with van der Waals surface area (Å²) in [7, 11) is 0. The number of hydrogen-bond donors (Lipinski definition) is 0. The van der Waals surface area contributed by atoms with Crippen molar-refractivity contribution in [3.8, 4) is 5.75 Å². The summed E-state index contributed by atoms with van der Waals surface area (Å²) in [5, 5.41) is 7.48. The molecule has 0 fully saturated rings. The molecule has 1 nitrogen and oxygen atoms in total. The van der Waals surface area contributed by atoms with Gasteiger partial charge in [-0.25, -0.2) is 0 Å². The van der Waals surface area contributed by atoms with E-state index in [4.69, 9.17) is 4.74 Å². The lowest BCUT2D eigenvalue weighted by molar-refractivity contribution is 0.165. The normalized spacial score (nSPS) is 19.2. The molecule has 1 unspecified atom stereocenters. The summed E-state index contributed by atoms with van der Waals surface area (Å²) in [4.78, 5) is 1.25. The zero-order chi connectivity index (χ0) is 31.8. The highest BCUT2D eigenvalue weighted by Crippen LogP contribution is 2.60. The lowest BCUT2D eigenvalue weighted by Gasteiger charge is -2.40. The van der Waals surface area contributed by atoms with Gasteiger partial charge in [0.05, 0.1) is 0 Å². The van der Waals surface area contributed by atoms with Crippen molar-refractivity contribution >= 4 is 55.7 Å². The second-order valence-corrected chi connectivity index (χ2v) is 14.1. The molecule has 2 heteroatoms. The predicted molar refractivity (Wildman–Crippen MR) is 202 cm³/mol. The van der Waals surface area contributed by atoms with Gasteiger partial charge in [0.1, 0.15) is 5.75 Å². The smallest absolute Gasteiger partial charge is 0.178 e. The molecular weight excluding hydrogens is 589 g/mol. The molecule has 47 heavy (non-hydrogen) atoms. The molecule has 0 saturated carbocycles. The molecule has 0 radical (unpaired) electrons. The van der Waals surface area contributed by atoms with Crippen LogP contribution in [-0.4, -0.2) is 6.26 Å². The molecule has 6 aromatic rings. The van der Waals surface area contributed by atoms with Crippen LogP contribution in [0.25, 0.3) is 44.0 Å². The maximum Gasteiger partial charge on any atom is 0.178 e. The lowest BCUT2D eigenvalue weighted by Crippen LogP contribution is -2.35. The molecule has 0 bridgehead atoms. The SMILES string of the molecule is CCC1(CC)C2=C(CCC=C2)c2c1c1c(c3ccccc23)OC(c2ccc(SC)cc2)(c2cc3ccccc3c3ccccc23)C=C1. The molecule has 3 aliphatic rings. The van der Waals surface area contributed by atoms with Crippen LogP contribution in [0.1, 0.15) is 67.3 Å². The van der Waals surface area contributed by atoms with Gasteiger partial charge in [-0.1, -0.05) is 117 Å². The minimum atomic E-state index is -0.822. The van der Waals surface area contributed by atoms with E-state index < -0.39 is 5.60 Å². The Balaban J connectivity index is 1.39. The minimum absolute atomic E-state index is 0.0287. The molecule has 230 valence electrons. The first-order valence-corrected chi connectivity index (χ1v) is 18.3. The highest BCUT2D eigenvalue weighted by molar-refractivity contribution is 7.98. The van der Waals surface area contributed by atoms with Gasteiger partial charge < -0.3 is 4.74 Å². The van der Waals surface area contributed by atoms with Gasteiger partial charge in [-0.15, -0.1) is 11.8 Å². The van der Waals surface area contributed by atoms with Crippen molar-refractivity contribution in [2.75, 3.05) is 6.26 Å². The maximum atomic E-state index is 7.77. The van der Waals surface area contributed by atoms with Crippen molar-refractivity contribution in [3.63, 3.8) is 0 Å². The summed E-state index contributed by atoms with van der Waals surface area (Å²) in [6, 6.07) is 38.0. The third kappa shape index (κ3) is 3.91. The van der Waals surface area contributed by atoms with Gasteiger partial charge in [-0.3, -0.25) is 0 Å². The topological polar surface area (TPSA) is 9.23 Å². The van der Waals surface area contributed by atoms with Crippen LogP contribution in [0.3, 0.4) is 0 Å². The number of ether oxygens (including phenoxy) is 1. The van der Waals surface area contributed by atoms with Crippen LogP contribution in [0.4, 0.5) is 0 Å². The number of thioether (sulfide) groups is 1. The van der Waals surface area contributed by atoms with Crippen LogP contribution in [0.2, 0.25) is 0 Å². The number of allylic oxidation sites excluding steroid dienone is 4. The van der Waals surface area contributed by atoms with E-state index in [1.807, 2.05) is 0 Å². The fraction of sp³-hybridized carbons (Fsp3) is 0.200. The number of fused-ring (bicyclic) bond motifs is 10.